The molecule has 0 spiro atoms. The van der Waals surface area contributed by atoms with E-state index in [0.29, 0.717) is 37.3 Å². The summed E-state index contributed by atoms with van der Waals surface area (Å²) >= 11 is 0. The molecule has 160 valence electrons. The highest BCUT2D eigenvalue weighted by Gasteiger charge is 2.38. The maximum Gasteiger partial charge on any atom is 0.490 e. The van der Waals surface area contributed by atoms with Crippen LogP contribution in [0.25, 0.3) is 0 Å². The van der Waals surface area contributed by atoms with Crippen LogP contribution in [0.3, 0.4) is 0 Å². The summed E-state index contributed by atoms with van der Waals surface area (Å²) in [6.07, 6.45) is 0.557. The zero-order chi connectivity index (χ0) is 22.5. The maximum absolute atomic E-state index is 12.5. The molecule has 30 heavy (non-hydrogen) atoms. The van der Waals surface area contributed by atoms with Gasteiger partial charge in [-0.3, -0.25) is 14.8 Å². The molecule has 2 N–H and O–H groups in total. The van der Waals surface area contributed by atoms with Gasteiger partial charge in [0.15, 0.2) is 0 Å². The van der Waals surface area contributed by atoms with Crippen LogP contribution in [0.2, 0.25) is 0 Å². The average molecular weight is 426 g/mol. The van der Waals surface area contributed by atoms with E-state index in [4.69, 9.17) is 9.90 Å². The second kappa shape index (κ2) is 9.29. The Morgan fingerprint density at radius 3 is 2.27 bits per heavy atom. The zero-order valence-electron chi connectivity index (χ0n) is 15.7. The standard InChI is InChI=1S/C16H16N4O3.C2HF3O2/c1-10-12(16(22)23)8-11-2-6-20(7-3-13(11)19-10)15(21)14-9-17-4-5-18-14;3-2(4,5)1(6)7/h4-5,8-9H,2-3,6-7H2,1H3,(H,22,23);(H,6,7). The van der Waals surface area contributed by atoms with Gasteiger partial charge in [0, 0.05) is 37.6 Å². The van der Waals surface area contributed by atoms with E-state index >= 15 is 0 Å². The van der Waals surface area contributed by atoms with Crippen molar-refractivity contribution in [2.24, 2.45) is 0 Å². The number of aromatic nitrogens is 3. The predicted octanol–water partition coefficient (Wildman–Crippen LogP) is 1.75. The first-order valence-electron chi connectivity index (χ1n) is 8.58. The molecular weight excluding hydrogens is 409 g/mol. The van der Waals surface area contributed by atoms with Gasteiger partial charge in [-0.1, -0.05) is 0 Å². The van der Waals surface area contributed by atoms with E-state index in [1.807, 2.05) is 0 Å². The fraction of sp³-hybridized carbons (Fsp3) is 0.333. The van der Waals surface area contributed by atoms with Gasteiger partial charge in [-0.15, -0.1) is 0 Å². The zero-order valence-corrected chi connectivity index (χ0v) is 15.7. The summed E-state index contributed by atoms with van der Waals surface area (Å²) in [7, 11) is 0. The molecule has 2 aromatic heterocycles. The quantitative estimate of drug-likeness (QED) is 0.742. The SMILES string of the molecule is Cc1nc2c(cc1C(=O)O)CCN(C(=O)c1cnccn1)CC2.O=C(O)C(F)(F)F. The summed E-state index contributed by atoms with van der Waals surface area (Å²) in [5, 5.41) is 16.3. The fourth-order valence-corrected chi connectivity index (χ4v) is 2.73. The van der Waals surface area contributed by atoms with Crippen molar-refractivity contribution in [2.75, 3.05) is 13.1 Å². The lowest BCUT2D eigenvalue weighted by atomic mass is 10.0. The summed E-state index contributed by atoms with van der Waals surface area (Å²) in [5.41, 5.74) is 2.79. The van der Waals surface area contributed by atoms with Crippen molar-refractivity contribution < 1.29 is 37.8 Å². The third kappa shape index (κ3) is 5.72. The van der Waals surface area contributed by atoms with Crippen LogP contribution in [0.15, 0.2) is 24.7 Å². The molecule has 9 nitrogen and oxygen atoms in total. The van der Waals surface area contributed by atoms with E-state index in [0.717, 1.165) is 11.3 Å². The molecular formula is C18H17F3N4O5. The number of carbonyl (C=O) groups is 3. The largest absolute Gasteiger partial charge is 0.490 e. The highest BCUT2D eigenvalue weighted by Crippen LogP contribution is 2.19. The Balaban J connectivity index is 0.000000396. The number of rotatable bonds is 2. The number of aromatic carboxylic acids is 1. The average Bonchev–Trinajstić information content (AvgIpc) is 2.89. The van der Waals surface area contributed by atoms with Crippen molar-refractivity contribution in [1.82, 2.24) is 19.9 Å². The molecule has 0 saturated carbocycles. The molecule has 0 radical (unpaired) electrons. The first-order chi connectivity index (χ1) is 14.0. The van der Waals surface area contributed by atoms with E-state index in [1.54, 1.807) is 17.9 Å². The Hall–Kier alpha value is -3.57. The van der Waals surface area contributed by atoms with Gasteiger partial charge in [-0.25, -0.2) is 14.6 Å². The second-order valence-electron chi connectivity index (χ2n) is 6.22. The van der Waals surface area contributed by atoms with E-state index in [9.17, 15) is 27.9 Å². The van der Waals surface area contributed by atoms with Crippen LogP contribution in [-0.4, -0.2) is 67.2 Å². The van der Waals surface area contributed by atoms with Crippen LogP contribution in [0, 0.1) is 6.92 Å². The van der Waals surface area contributed by atoms with E-state index in [1.165, 1.54) is 18.6 Å². The Bertz CT molecular complexity index is 951. The fourth-order valence-electron chi connectivity index (χ4n) is 2.73. The van der Waals surface area contributed by atoms with Crippen molar-refractivity contribution in [2.45, 2.75) is 25.9 Å². The first-order valence-corrected chi connectivity index (χ1v) is 8.58. The van der Waals surface area contributed by atoms with Crippen molar-refractivity contribution in [3.8, 4) is 0 Å². The monoisotopic (exact) mass is 426 g/mol. The number of alkyl halides is 3. The minimum Gasteiger partial charge on any atom is -0.478 e. The van der Waals surface area contributed by atoms with E-state index < -0.39 is 18.1 Å². The number of hydrogen-bond acceptors (Lipinski definition) is 6. The molecule has 0 aromatic carbocycles. The normalized spacial score (nSPS) is 13.4. The van der Waals surface area contributed by atoms with Crippen molar-refractivity contribution in [3.63, 3.8) is 0 Å². The van der Waals surface area contributed by atoms with Crippen LogP contribution in [0.1, 0.15) is 37.8 Å². The molecule has 1 aliphatic heterocycles. The number of pyridine rings is 1. The molecule has 0 saturated heterocycles. The number of carboxylic acid groups (broad SMARTS) is 2. The van der Waals surface area contributed by atoms with Crippen molar-refractivity contribution in [3.05, 3.63) is 52.9 Å². The number of carboxylic acids is 2. The lowest BCUT2D eigenvalue weighted by molar-refractivity contribution is -0.192. The van der Waals surface area contributed by atoms with Crippen LogP contribution < -0.4 is 0 Å². The van der Waals surface area contributed by atoms with Gasteiger partial charge < -0.3 is 15.1 Å². The molecule has 0 fully saturated rings. The smallest absolute Gasteiger partial charge is 0.478 e. The molecule has 1 aliphatic rings. The molecule has 0 bridgehead atoms. The van der Waals surface area contributed by atoms with Gasteiger partial charge in [0.1, 0.15) is 5.69 Å². The second-order valence-corrected chi connectivity index (χ2v) is 6.22. The van der Waals surface area contributed by atoms with E-state index in [2.05, 4.69) is 15.0 Å². The number of aryl methyl sites for hydroxylation is 1. The third-order valence-corrected chi connectivity index (χ3v) is 4.19. The van der Waals surface area contributed by atoms with Crippen LogP contribution in [0.5, 0.6) is 0 Å². The summed E-state index contributed by atoms with van der Waals surface area (Å²) in [4.78, 5) is 46.7. The minimum absolute atomic E-state index is 0.166. The van der Waals surface area contributed by atoms with Gasteiger partial charge in [-0.2, -0.15) is 13.2 Å². The summed E-state index contributed by atoms with van der Waals surface area (Å²) in [6.45, 7) is 2.73. The molecule has 0 atom stereocenters. The number of carbonyl (C=O) groups excluding carboxylic acids is 1. The maximum atomic E-state index is 12.5. The number of hydrogen-bond donors (Lipinski definition) is 2. The predicted molar refractivity (Wildman–Crippen MR) is 95.0 cm³/mol. The molecule has 0 unspecified atom stereocenters. The highest BCUT2D eigenvalue weighted by atomic mass is 19.4. The highest BCUT2D eigenvalue weighted by molar-refractivity contribution is 5.92. The molecule has 3 heterocycles. The molecule has 3 rings (SSSR count). The number of aliphatic carboxylic acids is 1. The Morgan fingerprint density at radius 2 is 1.73 bits per heavy atom. The number of nitrogens with zero attached hydrogens (tertiary/aromatic N) is 4. The van der Waals surface area contributed by atoms with Crippen molar-refractivity contribution >= 4 is 17.8 Å². The molecule has 0 aliphatic carbocycles. The van der Waals surface area contributed by atoms with E-state index in [-0.39, 0.29) is 11.5 Å². The number of halogens is 3. The molecule has 1 amide bonds. The number of fused-ring (bicyclic) bond motifs is 1. The first kappa shape index (κ1) is 22.7. The third-order valence-electron chi connectivity index (χ3n) is 4.19. The molecule has 2 aromatic rings. The number of amides is 1. The van der Waals surface area contributed by atoms with Gasteiger partial charge in [-0.05, 0) is 25.0 Å². The van der Waals surface area contributed by atoms with Crippen molar-refractivity contribution in [1.29, 1.82) is 0 Å². The Morgan fingerprint density at radius 1 is 1.10 bits per heavy atom. The summed E-state index contributed by atoms with van der Waals surface area (Å²) in [5.74, 6) is -3.90. The summed E-state index contributed by atoms with van der Waals surface area (Å²) < 4.78 is 31.7. The van der Waals surface area contributed by atoms with Gasteiger partial charge in [0.05, 0.1) is 17.5 Å². The van der Waals surface area contributed by atoms with Crippen LogP contribution in [-0.2, 0) is 17.6 Å². The van der Waals surface area contributed by atoms with Crippen LogP contribution >= 0.6 is 0 Å². The lowest BCUT2D eigenvalue weighted by Gasteiger charge is -2.19. The van der Waals surface area contributed by atoms with Gasteiger partial charge in [0.25, 0.3) is 5.91 Å². The summed E-state index contributed by atoms with van der Waals surface area (Å²) in [6, 6.07) is 1.68. The Labute approximate surface area is 168 Å². The molecule has 12 heteroatoms. The van der Waals surface area contributed by atoms with Crippen LogP contribution in [0.4, 0.5) is 13.2 Å². The van der Waals surface area contributed by atoms with Gasteiger partial charge in [0.2, 0.25) is 0 Å². The topological polar surface area (TPSA) is 134 Å². The van der Waals surface area contributed by atoms with Gasteiger partial charge >= 0.3 is 18.1 Å². The minimum atomic E-state index is -5.08. The lowest BCUT2D eigenvalue weighted by Crippen LogP contribution is -2.33. The Kier molecular flexibility index (Phi) is 7.03.